The molecule has 2 fully saturated rings. The number of rotatable bonds is 6. The lowest BCUT2D eigenvalue weighted by Gasteiger charge is -2.40. The first-order valence-corrected chi connectivity index (χ1v) is 10.9. The summed E-state index contributed by atoms with van der Waals surface area (Å²) in [7, 11) is 0. The molecule has 3 N–H and O–H groups in total. The van der Waals surface area contributed by atoms with E-state index in [-0.39, 0.29) is 17.8 Å². The Morgan fingerprint density at radius 2 is 2.03 bits per heavy atom. The zero-order chi connectivity index (χ0) is 24.5. The van der Waals surface area contributed by atoms with E-state index in [9.17, 15) is 19.2 Å². The number of nitriles is 2. The Morgan fingerprint density at radius 3 is 2.62 bits per heavy atom. The lowest BCUT2D eigenvalue weighted by molar-refractivity contribution is 0.0192. The number of likely N-dealkylation sites (tertiary alicyclic amines) is 1. The van der Waals surface area contributed by atoms with Gasteiger partial charge in [-0.2, -0.15) is 15.6 Å². The quantitative estimate of drug-likeness (QED) is 0.665. The van der Waals surface area contributed by atoms with Gasteiger partial charge in [-0.15, -0.1) is 0 Å². The second-order valence-electron chi connectivity index (χ2n) is 8.70. The van der Waals surface area contributed by atoms with Crippen LogP contribution in [-0.4, -0.2) is 44.9 Å². The van der Waals surface area contributed by atoms with E-state index in [0.717, 1.165) is 0 Å². The van der Waals surface area contributed by atoms with E-state index < -0.39 is 41.4 Å². The van der Waals surface area contributed by atoms with Gasteiger partial charge in [0.2, 0.25) is 0 Å². The second-order valence-corrected chi connectivity index (χ2v) is 8.70. The molecule has 11 heteroatoms. The van der Waals surface area contributed by atoms with Gasteiger partial charge >= 0.3 is 6.09 Å². The van der Waals surface area contributed by atoms with Gasteiger partial charge in [-0.25, -0.2) is 9.18 Å². The fourth-order valence-electron chi connectivity index (χ4n) is 4.26. The lowest BCUT2D eigenvalue weighted by Crippen LogP contribution is -2.51. The molecule has 2 amide bonds. The predicted octanol–water partition coefficient (Wildman–Crippen LogP) is 3.22. The van der Waals surface area contributed by atoms with Crippen LogP contribution in [-0.2, 0) is 4.74 Å². The molecule has 4 rings (SSSR count). The van der Waals surface area contributed by atoms with Crippen molar-refractivity contribution in [3.8, 4) is 12.1 Å². The van der Waals surface area contributed by atoms with Crippen molar-refractivity contribution in [2.24, 2.45) is 11.7 Å². The van der Waals surface area contributed by atoms with Crippen LogP contribution < -0.4 is 11.1 Å². The molecule has 0 bridgehead atoms. The summed E-state index contributed by atoms with van der Waals surface area (Å²) in [6.45, 7) is 2.08. The Kier molecular flexibility index (Phi) is 6.12. The zero-order valence-corrected chi connectivity index (χ0v) is 18.6. The minimum Gasteiger partial charge on any atom is -0.442 e. The monoisotopic (exact) mass is 465 g/mol. The van der Waals surface area contributed by atoms with Crippen molar-refractivity contribution >= 4 is 23.5 Å². The molecule has 1 aromatic heterocycles. The van der Waals surface area contributed by atoms with Gasteiger partial charge in [-0.3, -0.25) is 9.48 Å². The molecule has 1 saturated heterocycles. The summed E-state index contributed by atoms with van der Waals surface area (Å²) >= 11 is 0. The molecule has 3 atom stereocenters. The standard InChI is InChI=1S/C23H24FN7O3/c1-14-17(12-26)19(6-11-30(14)22(33)34-23(7-8-23)9-10-25)31-13-18(20(27)32)21(29-31)28-16-4-2-15(24)3-5-16/h2-5,13-14,17,19H,6-9,11H2,1H3,(H2,27,32)(H,28,29). The summed E-state index contributed by atoms with van der Waals surface area (Å²) in [6, 6.07) is 8.97. The molecule has 2 heterocycles. The van der Waals surface area contributed by atoms with Crippen LogP contribution >= 0.6 is 0 Å². The van der Waals surface area contributed by atoms with Gasteiger partial charge < -0.3 is 20.7 Å². The van der Waals surface area contributed by atoms with E-state index in [1.807, 2.05) is 0 Å². The lowest BCUT2D eigenvalue weighted by atomic mass is 9.87. The number of hydrogen-bond acceptors (Lipinski definition) is 7. The maximum absolute atomic E-state index is 13.2. The fourth-order valence-corrected chi connectivity index (χ4v) is 4.26. The SMILES string of the molecule is CC1C(C#N)C(n2cc(C(N)=O)c(Nc3ccc(F)cc3)n2)CCN1C(=O)OC1(CC#N)CC1. The molecule has 1 saturated carbocycles. The number of nitrogens with one attached hydrogen (secondary N) is 1. The zero-order valence-electron chi connectivity index (χ0n) is 18.6. The molecule has 2 aromatic rings. The van der Waals surface area contributed by atoms with Crippen LogP contribution in [0, 0.1) is 34.4 Å². The molecule has 10 nitrogen and oxygen atoms in total. The predicted molar refractivity (Wildman–Crippen MR) is 118 cm³/mol. The summed E-state index contributed by atoms with van der Waals surface area (Å²) in [5.41, 5.74) is 5.47. The minimum absolute atomic E-state index is 0.127. The number of halogens is 1. The van der Waals surface area contributed by atoms with Gasteiger partial charge in [0.1, 0.15) is 17.0 Å². The summed E-state index contributed by atoms with van der Waals surface area (Å²) in [5.74, 6) is -1.54. The van der Waals surface area contributed by atoms with Crippen LogP contribution in [0.1, 0.15) is 49.0 Å². The highest BCUT2D eigenvalue weighted by atomic mass is 19.1. The van der Waals surface area contributed by atoms with Crippen molar-refractivity contribution in [1.82, 2.24) is 14.7 Å². The third-order valence-electron chi connectivity index (χ3n) is 6.43. The Hall–Kier alpha value is -4.12. The molecule has 1 aliphatic carbocycles. The summed E-state index contributed by atoms with van der Waals surface area (Å²) in [4.78, 5) is 26.3. The number of piperidine rings is 1. The number of aromatic nitrogens is 2. The highest BCUT2D eigenvalue weighted by Crippen LogP contribution is 2.43. The van der Waals surface area contributed by atoms with Crippen LogP contribution in [0.4, 0.5) is 20.7 Å². The van der Waals surface area contributed by atoms with Crippen molar-refractivity contribution < 1.29 is 18.7 Å². The first-order chi connectivity index (χ1) is 16.3. The van der Waals surface area contributed by atoms with Crippen LogP contribution in [0.3, 0.4) is 0 Å². The minimum atomic E-state index is -0.705. The summed E-state index contributed by atoms with van der Waals surface area (Å²) < 4.78 is 20.3. The Morgan fingerprint density at radius 1 is 1.32 bits per heavy atom. The number of nitrogens with two attached hydrogens (primary N) is 1. The number of primary amides is 1. The van der Waals surface area contributed by atoms with Crippen molar-refractivity contribution in [1.29, 1.82) is 10.5 Å². The van der Waals surface area contributed by atoms with Gasteiger partial charge in [0.25, 0.3) is 5.91 Å². The van der Waals surface area contributed by atoms with Crippen molar-refractivity contribution in [3.63, 3.8) is 0 Å². The van der Waals surface area contributed by atoms with E-state index in [1.54, 1.807) is 6.92 Å². The number of hydrogen-bond donors (Lipinski definition) is 2. The highest BCUT2D eigenvalue weighted by Gasteiger charge is 2.49. The molecule has 0 spiro atoms. The van der Waals surface area contributed by atoms with E-state index in [1.165, 1.54) is 40.0 Å². The first kappa shape index (κ1) is 23.1. The Labute approximate surface area is 195 Å². The second kappa shape index (κ2) is 9.02. The van der Waals surface area contributed by atoms with E-state index in [4.69, 9.17) is 15.7 Å². The van der Waals surface area contributed by atoms with Crippen molar-refractivity contribution in [3.05, 3.63) is 41.8 Å². The van der Waals surface area contributed by atoms with Crippen LogP contribution in [0.25, 0.3) is 0 Å². The number of benzene rings is 1. The fraction of sp³-hybridized carbons (Fsp3) is 0.435. The molecule has 176 valence electrons. The smallest absolute Gasteiger partial charge is 0.410 e. The third kappa shape index (κ3) is 4.50. The highest BCUT2D eigenvalue weighted by molar-refractivity contribution is 5.98. The van der Waals surface area contributed by atoms with E-state index in [2.05, 4.69) is 22.6 Å². The molecule has 0 radical (unpaired) electrons. The van der Waals surface area contributed by atoms with Crippen molar-refractivity contribution in [2.75, 3.05) is 11.9 Å². The molecule has 1 aliphatic heterocycles. The number of carbonyl (C=O) groups is 2. The number of carbonyl (C=O) groups excluding carboxylic acids is 2. The number of anilines is 2. The van der Waals surface area contributed by atoms with Crippen LogP contribution in [0.5, 0.6) is 0 Å². The molecular weight excluding hydrogens is 441 g/mol. The number of ether oxygens (including phenoxy) is 1. The Balaban J connectivity index is 1.53. The largest absolute Gasteiger partial charge is 0.442 e. The van der Waals surface area contributed by atoms with E-state index in [0.29, 0.717) is 31.5 Å². The topological polar surface area (TPSA) is 150 Å². The summed E-state index contributed by atoms with van der Waals surface area (Å²) in [5, 5.41) is 26.3. The third-order valence-corrected chi connectivity index (χ3v) is 6.43. The van der Waals surface area contributed by atoms with Gasteiger partial charge in [0, 0.05) is 18.4 Å². The first-order valence-electron chi connectivity index (χ1n) is 10.9. The molecule has 3 unspecified atom stereocenters. The average molecular weight is 465 g/mol. The molecule has 2 aliphatic rings. The van der Waals surface area contributed by atoms with Gasteiger partial charge in [0.15, 0.2) is 5.82 Å². The summed E-state index contributed by atoms with van der Waals surface area (Å²) in [6.07, 6.45) is 2.82. The van der Waals surface area contributed by atoms with Crippen LogP contribution in [0.15, 0.2) is 30.5 Å². The maximum Gasteiger partial charge on any atom is 0.410 e. The molecule has 1 aromatic carbocycles. The van der Waals surface area contributed by atoms with Gasteiger partial charge in [0.05, 0.1) is 36.6 Å². The van der Waals surface area contributed by atoms with Gasteiger partial charge in [-0.05, 0) is 50.5 Å². The van der Waals surface area contributed by atoms with Gasteiger partial charge in [-0.1, -0.05) is 0 Å². The Bertz CT molecular complexity index is 1180. The molecule has 34 heavy (non-hydrogen) atoms. The van der Waals surface area contributed by atoms with E-state index >= 15 is 0 Å². The number of amides is 2. The average Bonchev–Trinajstić information content (AvgIpc) is 3.42. The number of nitrogens with zero attached hydrogens (tertiary/aromatic N) is 5. The molecular formula is C23H24FN7O3. The normalized spacial score (nSPS) is 22.8. The van der Waals surface area contributed by atoms with Crippen LogP contribution in [0.2, 0.25) is 0 Å². The maximum atomic E-state index is 13.2. The van der Waals surface area contributed by atoms with Crippen molar-refractivity contribution in [2.45, 2.75) is 50.3 Å².